The summed E-state index contributed by atoms with van der Waals surface area (Å²) in [5.41, 5.74) is 1.11. The van der Waals surface area contributed by atoms with Crippen LogP contribution in [0.4, 0.5) is 5.95 Å². The van der Waals surface area contributed by atoms with Crippen molar-refractivity contribution in [3.05, 3.63) is 18.0 Å². The summed E-state index contributed by atoms with van der Waals surface area (Å²) in [5, 5.41) is 6.37. The molecule has 1 heterocycles. The number of hydrogen-bond acceptors (Lipinski definition) is 4. The molecule has 0 fully saturated rings. The molecule has 1 rings (SSSR count). The standard InChI is InChI=1S/C10H18N4/c1-4-11-10-13-6-9(7-14-10)5-12-8(2)3/h6-8,12H,4-5H2,1-3H3,(H,11,13,14). The molecule has 0 saturated heterocycles. The Balaban J connectivity index is 2.46. The Labute approximate surface area is 85.2 Å². The van der Waals surface area contributed by atoms with E-state index in [0.717, 1.165) is 18.7 Å². The summed E-state index contributed by atoms with van der Waals surface area (Å²) in [6.45, 7) is 7.94. The first-order chi connectivity index (χ1) is 6.72. The predicted octanol–water partition coefficient (Wildman–Crippen LogP) is 1.41. The Kier molecular flexibility index (Phi) is 4.32. The number of nitrogens with one attached hydrogen (secondary N) is 2. The Morgan fingerprint density at radius 2 is 1.93 bits per heavy atom. The fourth-order valence-corrected chi connectivity index (χ4v) is 1.02. The van der Waals surface area contributed by atoms with Crippen LogP contribution < -0.4 is 10.6 Å². The summed E-state index contributed by atoms with van der Waals surface area (Å²) >= 11 is 0. The van der Waals surface area contributed by atoms with Gasteiger partial charge in [0.25, 0.3) is 0 Å². The summed E-state index contributed by atoms with van der Waals surface area (Å²) < 4.78 is 0. The van der Waals surface area contributed by atoms with Gasteiger partial charge in [0.15, 0.2) is 0 Å². The quantitative estimate of drug-likeness (QED) is 0.744. The molecule has 0 atom stereocenters. The summed E-state index contributed by atoms with van der Waals surface area (Å²) in [7, 11) is 0. The highest BCUT2D eigenvalue weighted by Gasteiger charge is 1.97. The van der Waals surface area contributed by atoms with Gasteiger partial charge in [-0.1, -0.05) is 13.8 Å². The van der Waals surface area contributed by atoms with Crippen LogP contribution in [0, 0.1) is 0 Å². The van der Waals surface area contributed by atoms with E-state index in [9.17, 15) is 0 Å². The molecule has 0 bridgehead atoms. The minimum atomic E-state index is 0.489. The highest BCUT2D eigenvalue weighted by Crippen LogP contribution is 1.99. The zero-order valence-electron chi connectivity index (χ0n) is 9.04. The van der Waals surface area contributed by atoms with Crippen LogP contribution in [0.1, 0.15) is 26.3 Å². The summed E-state index contributed by atoms with van der Waals surface area (Å²) in [6.07, 6.45) is 3.70. The zero-order chi connectivity index (χ0) is 10.4. The first-order valence-corrected chi connectivity index (χ1v) is 5.00. The van der Waals surface area contributed by atoms with E-state index in [1.54, 1.807) is 0 Å². The van der Waals surface area contributed by atoms with Crippen LogP contribution in [0.2, 0.25) is 0 Å². The molecule has 0 unspecified atom stereocenters. The van der Waals surface area contributed by atoms with Crippen molar-refractivity contribution >= 4 is 5.95 Å². The van der Waals surface area contributed by atoms with Gasteiger partial charge in [-0.25, -0.2) is 9.97 Å². The first-order valence-electron chi connectivity index (χ1n) is 5.00. The van der Waals surface area contributed by atoms with Crippen molar-refractivity contribution < 1.29 is 0 Å². The predicted molar refractivity (Wildman–Crippen MR) is 58.2 cm³/mol. The first kappa shape index (κ1) is 10.9. The zero-order valence-corrected chi connectivity index (χ0v) is 9.04. The third-order valence-corrected chi connectivity index (χ3v) is 1.75. The lowest BCUT2D eigenvalue weighted by Crippen LogP contribution is -2.22. The molecular formula is C10H18N4. The van der Waals surface area contributed by atoms with E-state index in [1.165, 1.54) is 0 Å². The van der Waals surface area contributed by atoms with Gasteiger partial charge < -0.3 is 10.6 Å². The summed E-state index contributed by atoms with van der Waals surface area (Å²) in [5.74, 6) is 0.695. The maximum Gasteiger partial charge on any atom is 0.222 e. The van der Waals surface area contributed by atoms with Gasteiger partial charge >= 0.3 is 0 Å². The van der Waals surface area contributed by atoms with E-state index in [2.05, 4.69) is 34.4 Å². The molecule has 0 spiro atoms. The third kappa shape index (κ3) is 3.70. The Morgan fingerprint density at radius 3 is 2.43 bits per heavy atom. The van der Waals surface area contributed by atoms with Crippen molar-refractivity contribution in [3.63, 3.8) is 0 Å². The fraction of sp³-hybridized carbons (Fsp3) is 0.600. The minimum Gasteiger partial charge on any atom is -0.355 e. The van der Waals surface area contributed by atoms with E-state index >= 15 is 0 Å². The van der Waals surface area contributed by atoms with Crippen LogP contribution in [-0.2, 0) is 6.54 Å². The highest BCUT2D eigenvalue weighted by molar-refractivity contribution is 5.24. The average Bonchev–Trinajstić information content (AvgIpc) is 2.17. The van der Waals surface area contributed by atoms with Crippen molar-refractivity contribution in [2.24, 2.45) is 0 Å². The highest BCUT2D eigenvalue weighted by atomic mass is 15.1. The monoisotopic (exact) mass is 194 g/mol. The van der Waals surface area contributed by atoms with E-state index in [4.69, 9.17) is 0 Å². The van der Waals surface area contributed by atoms with E-state index in [-0.39, 0.29) is 0 Å². The lowest BCUT2D eigenvalue weighted by molar-refractivity contribution is 0.587. The Hall–Kier alpha value is -1.16. The van der Waals surface area contributed by atoms with Gasteiger partial charge in [0, 0.05) is 37.1 Å². The number of anilines is 1. The van der Waals surface area contributed by atoms with Crippen molar-refractivity contribution in [3.8, 4) is 0 Å². The van der Waals surface area contributed by atoms with Crippen LogP contribution >= 0.6 is 0 Å². The molecule has 1 aromatic rings. The Bertz CT molecular complexity index is 255. The fourth-order valence-electron chi connectivity index (χ4n) is 1.02. The SMILES string of the molecule is CCNc1ncc(CNC(C)C)cn1. The molecule has 0 aliphatic carbocycles. The van der Waals surface area contributed by atoms with Crippen molar-refractivity contribution in [2.45, 2.75) is 33.4 Å². The van der Waals surface area contributed by atoms with Gasteiger partial charge in [0.2, 0.25) is 5.95 Å². The van der Waals surface area contributed by atoms with Gasteiger partial charge in [-0.2, -0.15) is 0 Å². The number of nitrogens with zero attached hydrogens (tertiary/aromatic N) is 2. The molecule has 0 aromatic carbocycles. The maximum atomic E-state index is 4.18. The topological polar surface area (TPSA) is 49.8 Å². The molecular weight excluding hydrogens is 176 g/mol. The van der Waals surface area contributed by atoms with Gasteiger partial charge in [-0.15, -0.1) is 0 Å². The smallest absolute Gasteiger partial charge is 0.222 e. The van der Waals surface area contributed by atoms with Crippen LogP contribution in [0.25, 0.3) is 0 Å². The van der Waals surface area contributed by atoms with E-state index in [1.807, 2.05) is 19.3 Å². The molecule has 1 aromatic heterocycles. The number of rotatable bonds is 5. The molecule has 4 nitrogen and oxygen atoms in total. The molecule has 0 radical (unpaired) electrons. The van der Waals surface area contributed by atoms with Crippen LogP contribution in [0.3, 0.4) is 0 Å². The number of aromatic nitrogens is 2. The van der Waals surface area contributed by atoms with Crippen LogP contribution in [0.5, 0.6) is 0 Å². The second kappa shape index (κ2) is 5.54. The third-order valence-electron chi connectivity index (χ3n) is 1.75. The van der Waals surface area contributed by atoms with Gasteiger partial charge in [-0.3, -0.25) is 0 Å². The second-order valence-electron chi connectivity index (χ2n) is 3.48. The van der Waals surface area contributed by atoms with Crippen molar-refractivity contribution in [1.82, 2.24) is 15.3 Å². The van der Waals surface area contributed by atoms with Gasteiger partial charge in [0.1, 0.15) is 0 Å². The molecule has 0 amide bonds. The molecule has 0 aliphatic rings. The van der Waals surface area contributed by atoms with E-state index < -0.39 is 0 Å². The lowest BCUT2D eigenvalue weighted by Gasteiger charge is -2.07. The molecule has 0 saturated carbocycles. The molecule has 78 valence electrons. The number of hydrogen-bond donors (Lipinski definition) is 2. The van der Waals surface area contributed by atoms with E-state index in [0.29, 0.717) is 12.0 Å². The maximum absolute atomic E-state index is 4.18. The van der Waals surface area contributed by atoms with Gasteiger partial charge in [-0.05, 0) is 6.92 Å². The Morgan fingerprint density at radius 1 is 1.29 bits per heavy atom. The van der Waals surface area contributed by atoms with Crippen molar-refractivity contribution in [2.75, 3.05) is 11.9 Å². The second-order valence-corrected chi connectivity index (χ2v) is 3.48. The largest absolute Gasteiger partial charge is 0.355 e. The molecule has 14 heavy (non-hydrogen) atoms. The summed E-state index contributed by atoms with van der Waals surface area (Å²) in [6, 6.07) is 0.489. The lowest BCUT2D eigenvalue weighted by atomic mass is 10.3. The van der Waals surface area contributed by atoms with Crippen LogP contribution in [-0.4, -0.2) is 22.6 Å². The molecule has 2 N–H and O–H groups in total. The minimum absolute atomic E-state index is 0.489. The van der Waals surface area contributed by atoms with Crippen molar-refractivity contribution in [1.29, 1.82) is 0 Å². The normalized spacial score (nSPS) is 10.6. The molecule has 4 heteroatoms. The average molecular weight is 194 g/mol. The van der Waals surface area contributed by atoms with Crippen LogP contribution in [0.15, 0.2) is 12.4 Å². The summed E-state index contributed by atoms with van der Waals surface area (Å²) in [4.78, 5) is 8.37. The molecule has 0 aliphatic heterocycles. The van der Waals surface area contributed by atoms with Gasteiger partial charge in [0.05, 0.1) is 0 Å².